The molecule has 2 heterocycles. The van der Waals surface area contributed by atoms with Crippen LogP contribution in [0.3, 0.4) is 0 Å². The number of hydrogen-bond acceptors (Lipinski definition) is 4. The lowest BCUT2D eigenvalue weighted by atomic mass is 10.1. The molecule has 0 unspecified atom stereocenters. The Bertz CT molecular complexity index is 1010. The Labute approximate surface area is 179 Å². The van der Waals surface area contributed by atoms with Crippen LogP contribution in [0.1, 0.15) is 10.4 Å². The van der Waals surface area contributed by atoms with Crippen LogP contribution in [0.4, 0.5) is 5.82 Å². The first-order valence-electron chi connectivity index (χ1n) is 9.24. The molecule has 1 saturated heterocycles. The average Bonchev–Trinajstić information content (AvgIpc) is 3.24. The summed E-state index contributed by atoms with van der Waals surface area (Å²) in [7, 11) is 1.55. The van der Waals surface area contributed by atoms with Gasteiger partial charge in [-0.1, -0.05) is 35.3 Å². The van der Waals surface area contributed by atoms with Crippen LogP contribution in [-0.4, -0.2) is 54.3 Å². The maximum absolute atomic E-state index is 12.9. The Morgan fingerprint density at radius 1 is 1.00 bits per heavy atom. The molecule has 8 heteroatoms. The van der Waals surface area contributed by atoms with Gasteiger partial charge in [0, 0.05) is 42.3 Å². The van der Waals surface area contributed by atoms with Gasteiger partial charge >= 0.3 is 0 Å². The highest BCUT2D eigenvalue weighted by atomic mass is 35.5. The molecular formula is C21H20Cl2N4O2. The topological polar surface area (TPSA) is 61.5 Å². The molecule has 2 aromatic carbocycles. The third-order valence-electron chi connectivity index (χ3n) is 5.00. The zero-order valence-electron chi connectivity index (χ0n) is 15.9. The molecule has 29 heavy (non-hydrogen) atoms. The Kier molecular flexibility index (Phi) is 5.65. The normalized spacial score (nSPS) is 14.2. The third kappa shape index (κ3) is 4.18. The molecule has 1 fully saturated rings. The SMILES string of the molecule is COc1ccc(Cl)cc1C(=O)N1CCN(c2cc(-c3ccc(Cl)cc3)[nH]n2)CC1. The second-order valence-corrected chi connectivity index (χ2v) is 7.64. The highest BCUT2D eigenvalue weighted by molar-refractivity contribution is 6.31. The smallest absolute Gasteiger partial charge is 0.257 e. The number of anilines is 1. The van der Waals surface area contributed by atoms with Crippen molar-refractivity contribution in [2.45, 2.75) is 0 Å². The molecule has 6 nitrogen and oxygen atoms in total. The predicted molar refractivity (Wildman–Crippen MR) is 115 cm³/mol. The molecule has 1 N–H and O–H groups in total. The Morgan fingerprint density at radius 3 is 2.38 bits per heavy atom. The van der Waals surface area contributed by atoms with Gasteiger partial charge in [-0.3, -0.25) is 9.89 Å². The van der Waals surface area contributed by atoms with E-state index in [1.165, 1.54) is 0 Å². The van der Waals surface area contributed by atoms with Gasteiger partial charge in [0.05, 0.1) is 18.4 Å². The number of amides is 1. The standard InChI is InChI=1S/C21H20Cl2N4O2/c1-29-19-7-6-16(23)12-17(19)21(28)27-10-8-26(9-11-27)20-13-18(24-25-20)14-2-4-15(22)5-3-14/h2-7,12-13H,8-11H2,1H3,(H,24,25). The van der Waals surface area contributed by atoms with Gasteiger partial charge in [-0.15, -0.1) is 0 Å². The quantitative estimate of drug-likeness (QED) is 0.667. The highest BCUT2D eigenvalue weighted by Gasteiger charge is 2.25. The van der Waals surface area contributed by atoms with Gasteiger partial charge in [-0.25, -0.2) is 0 Å². The number of methoxy groups -OCH3 is 1. The van der Waals surface area contributed by atoms with Crippen molar-refractivity contribution in [3.05, 3.63) is 64.1 Å². The van der Waals surface area contributed by atoms with Crippen LogP contribution in [0.2, 0.25) is 10.0 Å². The summed E-state index contributed by atoms with van der Waals surface area (Å²) in [5, 5.41) is 8.72. The number of ether oxygens (including phenoxy) is 1. The lowest BCUT2D eigenvalue weighted by Crippen LogP contribution is -2.49. The number of halogens is 2. The summed E-state index contributed by atoms with van der Waals surface area (Å²) in [5.74, 6) is 1.32. The number of hydrogen-bond donors (Lipinski definition) is 1. The summed E-state index contributed by atoms with van der Waals surface area (Å²) in [6, 6.07) is 14.7. The third-order valence-corrected chi connectivity index (χ3v) is 5.49. The van der Waals surface area contributed by atoms with Crippen LogP contribution in [0.5, 0.6) is 5.75 Å². The van der Waals surface area contributed by atoms with E-state index < -0.39 is 0 Å². The van der Waals surface area contributed by atoms with Crippen LogP contribution < -0.4 is 9.64 Å². The van der Waals surface area contributed by atoms with Gasteiger partial charge in [0.15, 0.2) is 5.82 Å². The number of nitrogens with one attached hydrogen (secondary N) is 1. The molecule has 1 aromatic heterocycles. The Hall–Kier alpha value is -2.70. The van der Waals surface area contributed by atoms with Gasteiger partial charge < -0.3 is 14.5 Å². The summed E-state index contributed by atoms with van der Waals surface area (Å²) in [6.07, 6.45) is 0. The van der Waals surface area contributed by atoms with Crippen LogP contribution in [-0.2, 0) is 0 Å². The first-order valence-corrected chi connectivity index (χ1v) is 10.00. The summed E-state index contributed by atoms with van der Waals surface area (Å²) >= 11 is 12.0. The van der Waals surface area contributed by atoms with Crippen molar-refractivity contribution in [1.29, 1.82) is 0 Å². The van der Waals surface area contributed by atoms with E-state index in [1.807, 2.05) is 35.2 Å². The number of aromatic amines is 1. The molecule has 0 radical (unpaired) electrons. The molecule has 150 valence electrons. The summed E-state index contributed by atoms with van der Waals surface area (Å²) in [4.78, 5) is 16.9. The van der Waals surface area contributed by atoms with Crippen LogP contribution in [0.25, 0.3) is 11.3 Å². The van der Waals surface area contributed by atoms with E-state index in [0.29, 0.717) is 47.5 Å². The number of rotatable bonds is 4. The van der Waals surface area contributed by atoms with Crippen LogP contribution >= 0.6 is 23.2 Å². The Balaban J connectivity index is 1.43. The van der Waals surface area contributed by atoms with E-state index in [2.05, 4.69) is 15.1 Å². The van der Waals surface area contributed by atoms with Crippen molar-refractivity contribution in [3.63, 3.8) is 0 Å². The number of carbonyl (C=O) groups is 1. The molecular weight excluding hydrogens is 411 g/mol. The molecule has 0 spiro atoms. The monoisotopic (exact) mass is 430 g/mol. The fourth-order valence-corrected chi connectivity index (χ4v) is 3.70. The zero-order chi connectivity index (χ0) is 20.4. The van der Waals surface area contributed by atoms with Crippen molar-refractivity contribution in [3.8, 4) is 17.0 Å². The summed E-state index contributed by atoms with van der Waals surface area (Å²) in [6.45, 7) is 2.58. The van der Waals surface area contributed by atoms with Crippen molar-refractivity contribution in [1.82, 2.24) is 15.1 Å². The minimum absolute atomic E-state index is 0.0760. The molecule has 4 rings (SSSR count). The summed E-state index contributed by atoms with van der Waals surface area (Å²) < 4.78 is 5.32. The van der Waals surface area contributed by atoms with Crippen molar-refractivity contribution in [2.24, 2.45) is 0 Å². The van der Waals surface area contributed by atoms with E-state index in [0.717, 1.165) is 17.1 Å². The van der Waals surface area contributed by atoms with Crippen molar-refractivity contribution >= 4 is 34.9 Å². The second kappa shape index (κ2) is 8.35. The highest BCUT2D eigenvalue weighted by Crippen LogP contribution is 2.26. The van der Waals surface area contributed by atoms with Crippen LogP contribution in [0.15, 0.2) is 48.5 Å². The maximum atomic E-state index is 12.9. The number of H-pyrrole nitrogens is 1. The molecule has 1 aliphatic heterocycles. The molecule has 0 atom stereocenters. The molecule has 0 aliphatic carbocycles. The lowest BCUT2D eigenvalue weighted by Gasteiger charge is -2.35. The predicted octanol–water partition coefficient (Wildman–Crippen LogP) is 4.35. The van der Waals surface area contributed by atoms with Gasteiger partial charge in [0.2, 0.25) is 0 Å². The van der Waals surface area contributed by atoms with E-state index >= 15 is 0 Å². The minimum Gasteiger partial charge on any atom is -0.496 e. The van der Waals surface area contributed by atoms with E-state index in [1.54, 1.807) is 25.3 Å². The number of benzene rings is 2. The maximum Gasteiger partial charge on any atom is 0.257 e. The number of nitrogens with zero attached hydrogens (tertiary/aromatic N) is 3. The van der Waals surface area contributed by atoms with Gasteiger partial charge in [0.25, 0.3) is 5.91 Å². The fourth-order valence-electron chi connectivity index (χ4n) is 3.41. The fraction of sp³-hybridized carbons (Fsp3) is 0.238. The van der Waals surface area contributed by atoms with E-state index in [-0.39, 0.29) is 5.91 Å². The summed E-state index contributed by atoms with van der Waals surface area (Å²) in [5.41, 5.74) is 2.44. The van der Waals surface area contributed by atoms with Gasteiger partial charge in [-0.05, 0) is 35.9 Å². The first-order chi connectivity index (χ1) is 14.0. The number of aromatic nitrogens is 2. The largest absolute Gasteiger partial charge is 0.496 e. The van der Waals surface area contributed by atoms with Gasteiger partial charge in [-0.2, -0.15) is 5.10 Å². The van der Waals surface area contributed by atoms with Crippen molar-refractivity contribution in [2.75, 3.05) is 38.2 Å². The molecule has 1 aliphatic rings. The zero-order valence-corrected chi connectivity index (χ0v) is 17.4. The van der Waals surface area contributed by atoms with Gasteiger partial charge in [0.1, 0.15) is 5.75 Å². The second-order valence-electron chi connectivity index (χ2n) is 6.77. The number of piperazine rings is 1. The minimum atomic E-state index is -0.0760. The molecule has 0 bridgehead atoms. The van der Waals surface area contributed by atoms with Crippen LogP contribution in [0, 0.1) is 0 Å². The Morgan fingerprint density at radius 2 is 1.69 bits per heavy atom. The van der Waals surface area contributed by atoms with E-state index in [4.69, 9.17) is 27.9 Å². The molecule has 0 saturated carbocycles. The average molecular weight is 431 g/mol. The number of carbonyl (C=O) groups excluding carboxylic acids is 1. The lowest BCUT2D eigenvalue weighted by molar-refractivity contribution is 0.0743. The first kappa shape index (κ1) is 19.6. The van der Waals surface area contributed by atoms with Crippen molar-refractivity contribution < 1.29 is 9.53 Å². The van der Waals surface area contributed by atoms with E-state index in [9.17, 15) is 4.79 Å². The molecule has 3 aromatic rings. The molecule has 1 amide bonds.